The largest absolute Gasteiger partial charge is 0.480 e. The van der Waals surface area contributed by atoms with Crippen LogP contribution < -0.4 is 5.32 Å². The number of carboxylic acids is 1. The maximum atomic E-state index is 12.1. The molecular formula is C14H24N2O4. The van der Waals surface area contributed by atoms with Crippen LogP contribution in [0.5, 0.6) is 0 Å². The Morgan fingerprint density at radius 3 is 2.50 bits per heavy atom. The molecule has 1 heterocycles. The van der Waals surface area contributed by atoms with Crippen molar-refractivity contribution in [2.24, 2.45) is 5.41 Å². The molecule has 6 heteroatoms. The zero-order valence-electron chi connectivity index (χ0n) is 12.4. The molecule has 0 radical (unpaired) electrons. The summed E-state index contributed by atoms with van der Waals surface area (Å²) in [6.07, 6.45) is 3.31. The maximum absolute atomic E-state index is 12.1. The highest BCUT2D eigenvalue weighted by atomic mass is 16.5. The van der Waals surface area contributed by atoms with E-state index in [4.69, 9.17) is 9.84 Å². The first kappa shape index (κ1) is 15.1. The minimum Gasteiger partial charge on any atom is -0.480 e. The van der Waals surface area contributed by atoms with Gasteiger partial charge in [-0.2, -0.15) is 0 Å². The summed E-state index contributed by atoms with van der Waals surface area (Å²) in [6, 6.07) is 0.156. The third kappa shape index (κ3) is 3.23. The van der Waals surface area contributed by atoms with Gasteiger partial charge in [-0.15, -0.1) is 0 Å². The van der Waals surface area contributed by atoms with Crippen molar-refractivity contribution < 1.29 is 19.4 Å². The minimum atomic E-state index is -0.984. The second-order valence-electron chi connectivity index (χ2n) is 6.87. The number of aliphatic carboxylic acids is 1. The number of carboxylic acid groups (broad SMARTS) is 1. The molecule has 2 fully saturated rings. The second-order valence-corrected chi connectivity index (χ2v) is 6.87. The van der Waals surface area contributed by atoms with Crippen molar-refractivity contribution in [3.05, 3.63) is 0 Å². The molecular weight excluding hydrogens is 260 g/mol. The molecule has 0 bridgehead atoms. The lowest BCUT2D eigenvalue weighted by Gasteiger charge is -2.47. The van der Waals surface area contributed by atoms with Crippen molar-refractivity contribution in [1.82, 2.24) is 10.2 Å². The number of amides is 2. The molecule has 2 N–H and O–H groups in total. The number of likely N-dealkylation sites (tertiary alicyclic amines) is 1. The van der Waals surface area contributed by atoms with Gasteiger partial charge in [-0.1, -0.05) is 20.3 Å². The SMILES string of the molecule is CC1(OCC(=O)O)CN(C(=O)NC2CCCC2(C)C)C1. The van der Waals surface area contributed by atoms with Crippen LogP contribution in [0.25, 0.3) is 0 Å². The van der Waals surface area contributed by atoms with Gasteiger partial charge in [-0.25, -0.2) is 9.59 Å². The van der Waals surface area contributed by atoms with Gasteiger partial charge in [0.2, 0.25) is 0 Å². The van der Waals surface area contributed by atoms with Crippen LogP contribution >= 0.6 is 0 Å². The fourth-order valence-electron chi connectivity index (χ4n) is 3.07. The molecule has 1 saturated carbocycles. The Labute approximate surface area is 119 Å². The summed E-state index contributed by atoms with van der Waals surface area (Å²) in [4.78, 5) is 24.3. The van der Waals surface area contributed by atoms with E-state index < -0.39 is 11.6 Å². The van der Waals surface area contributed by atoms with Crippen molar-refractivity contribution in [3.8, 4) is 0 Å². The molecule has 1 unspecified atom stereocenters. The monoisotopic (exact) mass is 284 g/mol. The molecule has 1 aliphatic heterocycles. The maximum Gasteiger partial charge on any atom is 0.329 e. The van der Waals surface area contributed by atoms with E-state index in [0.29, 0.717) is 13.1 Å². The number of nitrogens with one attached hydrogen (secondary N) is 1. The number of hydrogen-bond acceptors (Lipinski definition) is 3. The summed E-state index contributed by atoms with van der Waals surface area (Å²) in [5, 5.41) is 11.7. The van der Waals surface area contributed by atoms with Crippen molar-refractivity contribution in [1.29, 1.82) is 0 Å². The highest BCUT2D eigenvalue weighted by Crippen LogP contribution is 2.37. The van der Waals surface area contributed by atoms with Crippen molar-refractivity contribution >= 4 is 12.0 Å². The van der Waals surface area contributed by atoms with Crippen molar-refractivity contribution in [3.63, 3.8) is 0 Å². The molecule has 0 aromatic carbocycles. The highest BCUT2D eigenvalue weighted by molar-refractivity contribution is 5.76. The van der Waals surface area contributed by atoms with Gasteiger partial charge in [-0.05, 0) is 25.2 Å². The smallest absolute Gasteiger partial charge is 0.329 e. The van der Waals surface area contributed by atoms with E-state index in [-0.39, 0.29) is 24.1 Å². The number of rotatable bonds is 4. The van der Waals surface area contributed by atoms with Crippen molar-refractivity contribution in [2.75, 3.05) is 19.7 Å². The lowest BCUT2D eigenvalue weighted by molar-refractivity contribution is -0.159. The van der Waals surface area contributed by atoms with Gasteiger partial charge < -0.3 is 20.1 Å². The molecule has 1 saturated heterocycles. The fourth-order valence-corrected chi connectivity index (χ4v) is 3.07. The summed E-state index contributed by atoms with van der Waals surface area (Å²) in [6.45, 7) is 6.77. The van der Waals surface area contributed by atoms with Gasteiger partial charge in [0.15, 0.2) is 0 Å². The van der Waals surface area contributed by atoms with E-state index in [9.17, 15) is 9.59 Å². The Balaban J connectivity index is 1.78. The number of hydrogen-bond donors (Lipinski definition) is 2. The van der Waals surface area contributed by atoms with Gasteiger partial charge in [0.25, 0.3) is 0 Å². The van der Waals surface area contributed by atoms with Crippen LogP contribution in [0.4, 0.5) is 4.79 Å². The van der Waals surface area contributed by atoms with E-state index in [1.165, 1.54) is 0 Å². The first-order valence-corrected chi connectivity index (χ1v) is 7.13. The third-order valence-corrected chi connectivity index (χ3v) is 4.44. The zero-order chi connectivity index (χ0) is 15.0. The fraction of sp³-hybridized carbons (Fsp3) is 0.857. The molecule has 1 aliphatic carbocycles. The Morgan fingerprint density at radius 1 is 1.35 bits per heavy atom. The Kier molecular flexibility index (Phi) is 3.95. The number of nitrogens with zero attached hydrogens (tertiary/aromatic N) is 1. The molecule has 0 aromatic rings. The molecule has 20 heavy (non-hydrogen) atoms. The summed E-state index contributed by atoms with van der Waals surface area (Å²) >= 11 is 0. The average molecular weight is 284 g/mol. The summed E-state index contributed by atoms with van der Waals surface area (Å²) in [5.74, 6) is -0.984. The van der Waals surface area contributed by atoms with Crippen LogP contribution in [0.3, 0.4) is 0 Å². The molecule has 6 nitrogen and oxygen atoms in total. The average Bonchev–Trinajstić information content (AvgIpc) is 2.62. The van der Waals surface area contributed by atoms with E-state index in [2.05, 4.69) is 19.2 Å². The predicted molar refractivity (Wildman–Crippen MR) is 73.5 cm³/mol. The van der Waals surface area contributed by atoms with Gasteiger partial charge in [0.1, 0.15) is 12.2 Å². The predicted octanol–water partition coefficient (Wildman–Crippen LogP) is 1.45. The number of ether oxygens (including phenoxy) is 1. The Bertz CT molecular complexity index is 402. The molecule has 2 amide bonds. The molecule has 0 aromatic heterocycles. The standard InChI is InChI=1S/C14H24N2O4/c1-13(2)6-4-5-10(13)15-12(19)16-8-14(3,9-16)20-7-11(17)18/h10H,4-9H2,1-3H3,(H,15,19)(H,17,18). The minimum absolute atomic E-state index is 0.0682. The quantitative estimate of drug-likeness (QED) is 0.819. The van der Waals surface area contributed by atoms with Crippen LogP contribution in [0.1, 0.15) is 40.0 Å². The van der Waals surface area contributed by atoms with Gasteiger partial charge in [-0.3, -0.25) is 0 Å². The molecule has 114 valence electrons. The number of carbonyl (C=O) groups excluding carboxylic acids is 1. The Hall–Kier alpha value is -1.30. The molecule has 2 aliphatic rings. The molecule has 1 atom stereocenters. The first-order chi connectivity index (χ1) is 9.22. The van der Waals surface area contributed by atoms with Crippen LogP contribution in [0.2, 0.25) is 0 Å². The summed E-state index contributed by atoms with van der Waals surface area (Å²) in [7, 11) is 0. The second kappa shape index (κ2) is 5.24. The number of urea groups is 1. The van der Waals surface area contributed by atoms with Gasteiger partial charge in [0.05, 0.1) is 13.1 Å². The molecule has 0 spiro atoms. The van der Waals surface area contributed by atoms with Crippen LogP contribution in [-0.2, 0) is 9.53 Å². The van der Waals surface area contributed by atoms with Gasteiger partial charge >= 0.3 is 12.0 Å². The topological polar surface area (TPSA) is 78.9 Å². The van der Waals surface area contributed by atoms with E-state index in [1.54, 1.807) is 4.90 Å². The van der Waals surface area contributed by atoms with Crippen LogP contribution in [0, 0.1) is 5.41 Å². The zero-order valence-corrected chi connectivity index (χ0v) is 12.4. The third-order valence-electron chi connectivity index (χ3n) is 4.44. The highest BCUT2D eigenvalue weighted by Gasteiger charge is 2.44. The van der Waals surface area contributed by atoms with E-state index >= 15 is 0 Å². The van der Waals surface area contributed by atoms with E-state index in [1.807, 2.05) is 6.92 Å². The van der Waals surface area contributed by atoms with Crippen LogP contribution in [-0.4, -0.2) is 53.3 Å². The molecule has 2 rings (SSSR count). The summed E-state index contributed by atoms with van der Waals surface area (Å²) < 4.78 is 5.30. The van der Waals surface area contributed by atoms with E-state index in [0.717, 1.165) is 19.3 Å². The lowest BCUT2D eigenvalue weighted by Crippen LogP contribution is -2.66. The van der Waals surface area contributed by atoms with Crippen molar-refractivity contribution in [2.45, 2.75) is 51.7 Å². The van der Waals surface area contributed by atoms with Crippen LogP contribution in [0.15, 0.2) is 0 Å². The number of carbonyl (C=O) groups is 2. The normalized spacial score (nSPS) is 26.9. The van der Waals surface area contributed by atoms with Gasteiger partial charge in [0, 0.05) is 6.04 Å². The summed E-state index contributed by atoms with van der Waals surface area (Å²) in [5.41, 5.74) is -0.370. The Morgan fingerprint density at radius 2 is 2.00 bits per heavy atom. The lowest BCUT2D eigenvalue weighted by atomic mass is 9.87. The first-order valence-electron chi connectivity index (χ1n) is 7.13.